The lowest BCUT2D eigenvalue weighted by atomic mass is 9.98. The predicted molar refractivity (Wildman–Crippen MR) is 124 cm³/mol. The monoisotopic (exact) mass is 426 g/mol. The molecule has 0 aliphatic carbocycles. The number of aromatic nitrogens is 4. The van der Waals surface area contributed by atoms with Crippen molar-refractivity contribution < 1.29 is 4.79 Å². The number of likely N-dealkylation sites (N-methyl/N-ethyl adjacent to an activating group) is 1. The van der Waals surface area contributed by atoms with Crippen LogP contribution in [0.4, 0.5) is 0 Å². The van der Waals surface area contributed by atoms with E-state index in [1.54, 1.807) is 12.7 Å². The molecule has 3 heterocycles. The molecule has 1 saturated heterocycles. The van der Waals surface area contributed by atoms with Gasteiger partial charge >= 0.3 is 0 Å². The average molecular weight is 427 g/mol. The molecular formula is C25H26N6O. The van der Waals surface area contributed by atoms with Gasteiger partial charge in [0.25, 0.3) is 5.91 Å². The van der Waals surface area contributed by atoms with Crippen LogP contribution < -0.4 is 0 Å². The van der Waals surface area contributed by atoms with Gasteiger partial charge < -0.3 is 9.80 Å². The Morgan fingerprint density at radius 2 is 1.84 bits per heavy atom. The fraction of sp³-hybridized carbons (Fsp3) is 0.280. The van der Waals surface area contributed by atoms with Crippen molar-refractivity contribution in [2.45, 2.75) is 6.42 Å². The van der Waals surface area contributed by atoms with Crippen LogP contribution in [0.15, 0.2) is 73.4 Å². The average Bonchev–Trinajstić information content (AvgIpc) is 3.30. The van der Waals surface area contributed by atoms with E-state index in [-0.39, 0.29) is 5.91 Å². The highest BCUT2D eigenvalue weighted by atomic mass is 16.2. The number of carbonyl (C=O) groups excluding carboxylic acids is 1. The van der Waals surface area contributed by atoms with Gasteiger partial charge in [-0.1, -0.05) is 24.3 Å². The molecule has 162 valence electrons. The van der Waals surface area contributed by atoms with E-state index >= 15 is 0 Å². The molecule has 0 radical (unpaired) electrons. The Hall–Kier alpha value is -3.58. The zero-order valence-corrected chi connectivity index (χ0v) is 18.1. The van der Waals surface area contributed by atoms with Crippen LogP contribution in [0.3, 0.4) is 0 Å². The van der Waals surface area contributed by atoms with Gasteiger partial charge in [0, 0.05) is 49.0 Å². The number of carbonyl (C=O) groups is 1. The SMILES string of the molecule is CN1CCN(C(=O)c2cccc(-n3cnnc3)c2)CC(Cc2cnc3ccccc3c2)C1. The van der Waals surface area contributed by atoms with Gasteiger partial charge in [-0.3, -0.25) is 14.3 Å². The topological polar surface area (TPSA) is 67.2 Å². The number of amides is 1. The molecule has 1 fully saturated rings. The molecule has 0 N–H and O–H groups in total. The second kappa shape index (κ2) is 8.88. The number of hydrogen-bond acceptors (Lipinski definition) is 5. The summed E-state index contributed by atoms with van der Waals surface area (Å²) in [6.07, 6.45) is 6.14. The Morgan fingerprint density at radius 1 is 1.00 bits per heavy atom. The lowest BCUT2D eigenvalue weighted by Crippen LogP contribution is -2.36. The van der Waals surface area contributed by atoms with Crippen molar-refractivity contribution in [1.82, 2.24) is 29.5 Å². The first-order chi connectivity index (χ1) is 15.7. The van der Waals surface area contributed by atoms with E-state index in [1.807, 2.05) is 58.1 Å². The first kappa shape index (κ1) is 20.3. The van der Waals surface area contributed by atoms with E-state index in [0.717, 1.165) is 49.2 Å². The molecule has 1 aliphatic heterocycles. The Bertz CT molecular complexity index is 1220. The van der Waals surface area contributed by atoms with Gasteiger partial charge in [0.15, 0.2) is 0 Å². The minimum Gasteiger partial charge on any atom is -0.337 e. The third-order valence-corrected chi connectivity index (χ3v) is 6.07. The van der Waals surface area contributed by atoms with Crippen LogP contribution in [-0.4, -0.2) is 68.7 Å². The first-order valence-electron chi connectivity index (χ1n) is 10.9. The van der Waals surface area contributed by atoms with E-state index in [0.29, 0.717) is 11.5 Å². The van der Waals surface area contributed by atoms with Crippen molar-refractivity contribution in [3.8, 4) is 5.69 Å². The van der Waals surface area contributed by atoms with Gasteiger partial charge in [0.1, 0.15) is 12.7 Å². The van der Waals surface area contributed by atoms with Gasteiger partial charge in [-0.15, -0.1) is 10.2 Å². The molecule has 1 unspecified atom stereocenters. The van der Waals surface area contributed by atoms with Crippen LogP contribution in [0, 0.1) is 5.92 Å². The summed E-state index contributed by atoms with van der Waals surface area (Å²) in [5, 5.41) is 8.88. The van der Waals surface area contributed by atoms with Crippen molar-refractivity contribution in [2.75, 3.05) is 33.2 Å². The number of nitrogens with zero attached hydrogens (tertiary/aromatic N) is 6. The van der Waals surface area contributed by atoms with Crippen LogP contribution >= 0.6 is 0 Å². The van der Waals surface area contributed by atoms with Crippen molar-refractivity contribution >= 4 is 16.8 Å². The van der Waals surface area contributed by atoms with Crippen LogP contribution in [-0.2, 0) is 6.42 Å². The molecule has 2 aromatic heterocycles. The summed E-state index contributed by atoms with van der Waals surface area (Å²) in [7, 11) is 2.13. The molecule has 4 aromatic rings. The normalized spacial score (nSPS) is 17.4. The molecule has 0 bridgehead atoms. The smallest absolute Gasteiger partial charge is 0.253 e. The number of benzene rings is 2. The quantitative estimate of drug-likeness (QED) is 0.502. The molecule has 0 spiro atoms. The molecule has 1 atom stereocenters. The highest BCUT2D eigenvalue weighted by Gasteiger charge is 2.25. The Labute approximate surface area is 187 Å². The highest BCUT2D eigenvalue weighted by molar-refractivity contribution is 5.94. The standard InChI is InChI=1S/C25H26N6O/c1-29-9-10-30(25(32)22-6-4-7-23(13-22)31-17-27-28-18-31)16-20(15-29)11-19-12-21-5-2-3-8-24(21)26-14-19/h2-8,12-14,17-18,20H,9-11,15-16H2,1H3. The van der Waals surface area contributed by atoms with E-state index in [1.165, 1.54) is 5.56 Å². The van der Waals surface area contributed by atoms with Crippen molar-refractivity contribution in [3.05, 3.63) is 84.6 Å². The molecule has 1 amide bonds. The van der Waals surface area contributed by atoms with Gasteiger partial charge in [0.05, 0.1) is 5.52 Å². The maximum Gasteiger partial charge on any atom is 0.253 e. The Kier molecular flexibility index (Phi) is 5.64. The first-order valence-corrected chi connectivity index (χ1v) is 10.9. The third-order valence-electron chi connectivity index (χ3n) is 6.07. The Morgan fingerprint density at radius 3 is 2.72 bits per heavy atom. The molecule has 0 saturated carbocycles. The van der Waals surface area contributed by atoms with Crippen molar-refractivity contribution in [2.24, 2.45) is 5.92 Å². The number of hydrogen-bond donors (Lipinski definition) is 0. The van der Waals surface area contributed by atoms with Crippen LogP contribution in [0.25, 0.3) is 16.6 Å². The number of rotatable bonds is 4. The maximum absolute atomic E-state index is 13.4. The van der Waals surface area contributed by atoms with Crippen LogP contribution in [0.2, 0.25) is 0 Å². The molecule has 1 aliphatic rings. The lowest BCUT2D eigenvalue weighted by molar-refractivity contribution is 0.0746. The summed E-state index contributed by atoms with van der Waals surface area (Å²) in [5.74, 6) is 0.410. The van der Waals surface area contributed by atoms with Crippen molar-refractivity contribution in [1.29, 1.82) is 0 Å². The number of pyridine rings is 1. The zero-order chi connectivity index (χ0) is 21.9. The molecule has 5 rings (SSSR count). The zero-order valence-electron chi connectivity index (χ0n) is 18.1. The molecular weight excluding hydrogens is 400 g/mol. The second-order valence-electron chi connectivity index (χ2n) is 8.54. The second-order valence-corrected chi connectivity index (χ2v) is 8.54. The molecule has 7 heteroatoms. The van der Waals surface area contributed by atoms with E-state index < -0.39 is 0 Å². The number of para-hydroxylation sites is 1. The van der Waals surface area contributed by atoms with E-state index in [9.17, 15) is 4.79 Å². The summed E-state index contributed by atoms with van der Waals surface area (Å²) in [6, 6.07) is 18.1. The lowest BCUT2D eigenvalue weighted by Gasteiger charge is -2.24. The fourth-order valence-electron chi connectivity index (χ4n) is 4.48. The highest BCUT2D eigenvalue weighted by Crippen LogP contribution is 2.20. The minimum absolute atomic E-state index is 0.0665. The molecule has 7 nitrogen and oxygen atoms in total. The molecule has 32 heavy (non-hydrogen) atoms. The third kappa shape index (κ3) is 4.38. The maximum atomic E-state index is 13.4. The van der Waals surface area contributed by atoms with E-state index in [4.69, 9.17) is 0 Å². The number of fused-ring (bicyclic) bond motifs is 1. The predicted octanol–water partition coefficient (Wildman–Crippen LogP) is 3.06. The summed E-state index contributed by atoms with van der Waals surface area (Å²) in [5.41, 5.74) is 3.79. The summed E-state index contributed by atoms with van der Waals surface area (Å²) < 4.78 is 1.81. The summed E-state index contributed by atoms with van der Waals surface area (Å²) >= 11 is 0. The minimum atomic E-state index is 0.0665. The van der Waals surface area contributed by atoms with Crippen LogP contribution in [0.1, 0.15) is 15.9 Å². The largest absolute Gasteiger partial charge is 0.337 e. The van der Waals surface area contributed by atoms with Gasteiger partial charge in [-0.2, -0.15) is 0 Å². The molecule has 2 aromatic carbocycles. The van der Waals surface area contributed by atoms with Crippen molar-refractivity contribution in [3.63, 3.8) is 0 Å². The van der Waals surface area contributed by atoms with Gasteiger partial charge in [0.2, 0.25) is 0 Å². The summed E-state index contributed by atoms with van der Waals surface area (Å²) in [4.78, 5) is 22.3. The summed E-state index contributed by atoms with van der Waals surface area (Å²) in [6.45, 7) is 3.27. The Balaban J connectivity index is 1.35. The van der Waals surface area contributed by atoms with Crippen LogP contribution in [0.5, 0.6) is 0 Å². The van der Waals surface area contributed by atoms with E-state index in [2.05, 4.69) is 39.3 Å². The van der Waals surface area contributed by atoms with Gasteiger partial charge in [-0.05, 0) is 55.3 Å². The van der Waals surface area contributed by atoms with Gasteiger partial charge in [-0.25, -0.2) is 0 Å². The fourth-order valence-corrected chi connectivity index (χ4v) is 4.48.